The van der Waals surface area contributed by atoms with Gasteiger partial charge in [0.1, 0.15) is 0 Å². The molecule has 0 heterocycles. The Morgan fingerprint density at radius 3 is 1.82 bits per heavy atom. The summed E-state index contributed by atoms with van der Waals surface area (Å²) in [6.07, 6.45) is 1.79. The van der Waals surface area contributed by atoms with Gasteiger partial charge in [-0.25, -0.2) is 16.8 Å². The van der Waals surface area contributed by atoms with E-state index in [1.807, 2.05) is 0 Å². The van der Waals surface area contributed by atoms with Gasteiger partial charge in [0.2, 0.25) is 0 Å². The van der Waals surface area contributed by atoms with Crippen molar-refractivity contribution in [2.24, 2.45) is 0 Å². The molecule has 0 atom stereocenters. The number of hydrogen-bond donors (Lipinski definition) is 0. The molecule has 0 aliphatic heterocycles. The highest BCUT2D eigenvalue weighted by Crippen LogP contribution is 2.03. The van der Waals surface area contributed by atoms with Crippen molar-refractivity contribution >= 4 is 17.7 Å². The molecule has 0 unspecified atom stereocenters. The van der Waals surface area contributed by atoms with Gasteiger partial charge in [-0.2, -0.15) is 0 Å². The lowest BCUT2D eigenvalue weighted by Gasteiger charge is -1.98. The largest absolute Gasteiger partial charge is 0.253 e. The minimum absolute atomic E-state index is 0.262. The van der Waals surface area contributed by atoms with Gasteiger partial charge < -0.3 is 0 Å². The Balaban J connectivity index is 4.53. The highest BCUT2D eigenvalue weighted by Gasteiger charge is 2.22. The summed E-state index contributed by atoms with van der Waals surface area (Å²) >= 11 is 0. The van der Waals surface area contributed by atoms with Crippen LogP contribution in [0.2, 0.25) is 0 Å². The van der Waals surface area contributed by atoms with Crippen LogP contribution >= 0.6 is 0 Å². The van der Waals surface area contributed by atoms with Gasteiger partial charge in [0.05, 0.1) is 12.0 Å². The highest BCUT2D eigenvalue weighted by molar-refractivity contribution is 8.66. The molecule has 0 radical (unpaired) electrons. The lowest BCUT2D eigenvalue weighted by atomic mass is 10.4. The Morgan fingerprint density at radius 1 is 1.09 bits per heavy atom. The second kappa shape index (κ2) is 3.53. The van der Waals surface area contributed by atoms with Gasteiger partial charge in [0, 0.05) is 0 Å². The zero-order valence-corrected chi connectivity index (χ0v) is 8.20. The molecule has 0 aromatic carbocycles. The summed E-state index contributed by atoms with van der Waals surface area (Å²) in [6.45, 7) is 1.80. The highest BCUT2D eigenvalue weighted by atomic mass is 33.2. The van der Waals surface area contributed by atoms with Crippen LogP contribution in [0.15, 0.2) is 0 Å². The fourth-order valence-corrected chi connectivity index (χ4v) is 2.68. The maximum atomic E-state index is 10.8. The summed E-state index contributed by atoms with van der Waals surface area (Å²) in [5.74, 6) is -0.262. The van der Waals surface area contributed by atoms with E-state index in [9.17, 15) is 16.8 Å². The molecule has 0 amide bonds. The normalized spacial score (nSPS) is 13.3. The van der Waals surface area contributed by atoms with Crippen LogP contribution in [-0.2, 0) is 17.7 Å². The van der Waals surface area contributed by atoms with Crippen LogP contribution in [0.3, 0.4) is 0 Å². The third-order valence-electron chi connectivity index (χ3n) is 1.21. The van der Waals surface area contributed by atoms with Gasteiger partial charge in [0.15, 0.2) is 0 Å². The quantitative estimate of drug-likeness (QED) is 0.606. The molecule has 0 fully saturated rings. The predicted octanol–water partition coefficient (Wildman–Crippen LogP) is 0.161. The summed E-state index contributed by atoms with van der Waals surface area (Å²) in [4.78, 5) is 0. The Bertz CT molecular complexity index is 297. The molecular weight excluding hydrogens is 188 g/mol. The molecule has 0 saturated heterocycles. The molecule has 0 rings (SSSR count). The van der Waals surface area contributed by atoms with E-state index in [2.05, 4.69) is 0 Å². The van der Waals surface area contributed by atoms with Crippen molar-refractivity contribution in [3.8, 4) is 0 Å². The van der Waals surface area contributed by atoms with Crippen molar-refractivity contribution in [1.82, 2.24) is 0 Å². The Morgan fingerprint density at radius 2 is 1.55 bits per heavy atom. The van der Waals surface area contributed by atoms with Crippen LogP contribution in [-0.4, -0.2) is 28.8 Å². The molecular formula is C5H12O4S2. The Hall–Kier alpha value is -0.100. The minimum atomic E-state index is -3.90. The fraction of sp³-hybridized carbons (Fsp3) is 1.00. The van der Waals surface area contributed by atoms with Crippen molar-refractivity contribution in [3.63, 3.8) is 0 Å². The molecule has 0 N–H and O–H groups in total. The van der Waals surface area contributed by atoms with Crippen LogP contribution in [0, 0.1) is 0 Å². The molecule has 0 bridgehead atoms. The van der Waals surface area contributed by atoms with E-state index >= 15 is 0 Å². The monoisotopic (exact) mass is 200 g/mol. The summed E-state index contributed by atoms with van der Waals surface area (Å²) in [5, 5.41) is 0. The molecule has 0 aromatic heterocycles. The standard InChI is InChI=1S/C5H12O4S2/c1-3-4-5-11(8,9)10(2,6)7/h3-5H2,1-2H3. The van der Waals surface area contributed by atoms with Gasteiger partial charge in [-0.05, 0) is 6.42 Å². The van der Waals surface area contributed by atoms with Crippen molar-refractivity contribution in [2.75, 3.05) is 12.0 Å². The third kappa shape index (κ3) is 3.20. The average molecular weight is 200 g/mol. The van der Waals surface area contributed by atoms with Gasteiger partial charge in [-0.1, -0.05) is 13.3 Å². The maximum Gasteiger partial charge on any atom is 0.253 e. The second-order valence-electron chi connectivity index (χ2n) is 2.32. The van der Waals surface area contributed by atoms with E-state index in [1.165, 1.54) is 0 Å². The first-order chi connectivity index (χ1) is 4.81. The first-order valence-corrected chi connectivity index (χ1v) is 7.30. The number of unbranched alkanes of at least 4 members (excludes halogenated alkanes) is 1. The van der Waals surface area contributed by atoms with Gasteiger partial charge in [0.25, 0.3) is 17.7 Å². The first-order valence-electron chi connectivity index (χ1n) is 3.24. The van der Waals surface area contributed by atoms with Crippen molar-refractivity contribution in [3.05, 3.63) is 0 Å². The molecule has 0 spiro atoms. The molecule has 6 heteroatoms. The lowest BCUT2D eigenvalue weighted by Crippen LogP contribution is -2.16. The second-order valence-corrected chi connectivity index (χ2v) is 8.59. The van der Waals surface area contributed by atoms with Crippen molar-refractivity contribution < 1.29 is 16.8 Å². The van der Waals surface area contributed by atoms with Crippen LogP contribution in [0.4, 0.5) is 0 Å². The van der Waals surface area contributed by atoms with Crippen molar-refractivity contribution in [1.29, 1.82) is 0 Å². The molecule has 11 heavy (non-hydrogen) atoms. The average Bonchev–Trinajstić information content (AvgIpc) is 1.81. The summed E-state index contributed by atoms with van der Waals surface area (Å²) in [6, 6.07) is 0. The van der Waals surface area contributed by atoms with E-state index in [1.54, 1.807) is 6.92 Å². The van der Waals surface area contributed by atoms with Crippen LogP contribution in [0.1, 0.15) is 19.8 Å². The third-order valence-corrected chi connectivity index (χ3v) is 6.19. The van der Waals surface area contributed by atoms with Crippen LogP contribution < -0.4 is 0 Å². The van der Waals surface area contributed by atoms with E-state index < -0.39 is 17.7 Å². The topological polar surface area (TPSA) is 68.3 Å². The van der Waals surface area contributed by atoms with Gasteiger partial charge in [-0.15, -0.1) is 0 Å². The predicted molar refractivity (Wildman–Crippen MR) is 43.5 cm³/mol. The smallest absolute Gasteiger partial charge is 0.213 e. The molecule has 0 aromatic rings. The zero-order valence-electron chi connectivity index (χ0n) is 6.57. The molecule has 0 aliphatic carbocycles. The summed E-state index contributed by atoms with van der Waals surface area (Å²) in [5.41, 5.74) is 0. The van der Waals surface area contributed by atoms with E-state index in [0.717, 1.165) is 6.26 Å². The van der Waals surface area contributed by atoms with E-state index in [4.69, 9.17) is 0 Å². The summed E-state index contributed by atoms with van der Waals surface area (Å²) in [7, 11) is -7.79. The molecule has 68 valence electrons. The Kier molecular flexibility index (Phi) is 3.50. The van der Waals surface area contributed by atoms with E-state index in [0.29, 0.717) is 12.8 Å². The molecule has 4 nitrogen and oxygen atoms in total. The summed E-state index contributed by atoms with van der Waals surface area (Å²) < 4.78 is 42.8. The van der Waals surface area contributed by atoms with Gasteiger partial charge in [-0.3, -0.25) is 0 Å². The number of rotatable bonds is 4. The van der Waals surface area contributed by atoms with Gasteiger partial charge >= 0.3 is 0 Å². The maximum absolute atomic E-state index is 10.8. The SMILES string of the molecule is CCCCS(=O)(=O)S(C)(=O)=O. The molecule has 0 aliphatic rings. The fourth-order valence-electron chi connectivity index (χ4n) is 0.472. The lowest BCUT2D eigenvalue weighted by molar-refractivity contribution is 0.583. The van der Waals surface area contributed by atoms with Crippen molar-refractivity contribution in [2.45, 2.75) is 19.8 Å². The Labute approximate surface area is 66.8 Å². The first kappa shape index (κ1) is 10.9. The zero-order chi connectivity index (χ0) is 9.12. The number of hydrogen-bond acceptors (Lipinski definition) is 4. The van der Waals surface area contributed by atoms with Crippen LogP contribution in [0.25, 0.3) is 0 Å². The van der Waals surface area contributed by atoms with E-state index in [-0.39, 0.29) is 5.75 Å². The minimum Gasteiger partial charge on any atom is -0.213 e. The van der Waals surface area contributed by atoms with Crippen LogP contribution in [0.5, 0.6) is 0 Å². The molecule has 0 saturated carbocycles.